The van der Waals surface area contributed by atoms with E-state index in [1.54, 1.807) is 23.5 Å². The Kier molecular flexibility index (Phi) is 62.7. The quantitative estimate of drug-likeness (QED) is 0.0127. The van der Waals surface area contributed by atoms with Crippen LogP contribution in [0.15, 0.2) is 61.7 Å². The molecule has 2 aromatic carbocycles. The van der Waals surface area contributed by atoms with Crippen LogP contribution < -0.4 is 0 Å². The number of thioether (sulfide) groups is 2. The molecule has 107 heavy (non-hydrogen) atoms. The van der Waals surface area contributed by atoms with Crippen molar-refractivity contribution in [3.63, 3.8) is 0 Å². The summed E-state index contributed by atoms with van der Waals surface area (Å²) < 4.78 is 64.3. The normalized spacial score (nSPS) is 10.9. The molecule has 0 bridgehead atoms. The number of aryl methyl sites for hydroxylation is 2. The van der Waals surface area contributed by atoms with E-state index in [0.717, 1.165) is 46.6 Å². The Labute approximate surface area is 692 Å². The summed E-state index contributed by atoms with van der Waals surface area (Å²) >= 11 is 43.3. The summed E-state index contributed by atoms with van der Waals surface area (Å²) in [5, 5.41) is 0. The van der Waals surface area contributed by atoms with Crippen LogP contribution in [0.25, 0.3) is 12.2 Å². The van der Waals surface area contributed by atoms with Gasteiger partial charge in [-0.15, -0.1) is 0 Å². The number of carbonyl (C=O) groups excluding carboxylic acids is 12. The van der Waals surface area contributed by atoms with Crippen LogP contribution in [0, 0.1) is 16.2 Å². The molecule has 0 amide bonds. The smallest absolute Gasteiger partial charge is 0.306 e. The van der Waals surface area contributed by atoms with Crippen LogP contribution in [0.3, 0.4) is 0 Å². The zero-order valence-electron chi connectivity index (χ0n) is 60.1. The van der Waals surface area contributed by atoms with E-state index >= 15 is 0 Å². The largest absolute Gasteiger partial charge is 0.465 e. The summed E-state index contributed by atoms with van der Waals surface area (Å²) in [6.45, 7) is 3.52. The second kappa shape index (κ2) is 65.3. The van der Waals surface area contributed by atoms with Crippen molar-refractivity contribution in [3.05, 3.63) is 83.9 Å². The molecule has 0 saturated carbocycles. The van der Waals surface area contributed by atoms with E-state index in [4.69, 9.17) is 56.8 Å². The number of rotatable bonds is 58. The van der Waals surface area contributed by atoms with E-state index < -0.39 is 87.9 Å². The number of hydrogen-bond donors (Lipinski definition) is 10. The molecule has 0 N–H and O–H groups in total. The van der Waals surface area contributed by atoms with Crippen molar-refractivity contribution in [2.75, 3.05) is 160 Å². The summed E-state index contributed by atoms with van der Waals surface area (Å²) in [6, 6.07) is 16.2. The van der Waals surface area contributed by atoms with Gasteiger partial charge in [0.1, 0.15) is 95.5 Å². The van der Waals surface area contributed by atoms with Crippen LogP contribution in [-0.4, -0.2) is 231 Å². The summed E-state index contributed by atoms with van der Waals surface area (Å²) in [5.41, 5.74) is 0.569. The zero-order chi connectivity index (χ0) is 80.0. The number of benzene rings is 2. The Morgan fingerprint density at radius 1 is 0.271 bits per heavy atom. The number of carbonyl (C=O) groups is 12. The minimum atomic E-state index is -1.35. The Balaban J connectivity index is 0.00000234. The molecular formula is C71H104O24S12. The maximum atomic E-state index is 12.9. The van der Waals surface area contributed by atoms with Crippen molar-refractivity contribution in [1.29, 1.82) is 0 Å². The predicted molar refractivity (Wildman–Crippen MR) is 448 cm³/mol. The second-order valence-electron chi connectivity index (χ2n) is 23.3. The molecule has 0 spiro atoms. The van der Waals surface area contributed by atoms with E-state index in [2.05, 4.69) is 146 Å². The van der Waals surface area contributed by atoms with Gasteiger partial charge in [0, 0.05) is 69.0 Å². The molecule has 24 nitrogen and oxygen atoms in total. The van der Waals surface area contributed by atoms with Crippen molar-refractivity contribution in [3.8, 4) is 0 Å². The van der Waals surface area contributed by atoms with E-state index in [1.165, 1.54) is 0 Å². The van der Waals surface area contributed by atoms with Crippen LogP contribution in [0.5, 0.6) is 0 Å². The van der Waals surface area contributed by atoms with Gasteiger partial charge in [-0.1, -0.05) is 67.8 Å². The Morgan fingerprint density at radius 3 is 0.626 bits per heavy atom. The molecule has 0 fully saturated rings. The average Bonchev–Trinajstić information content (AvgIpc) is 0.864. The molecule has 0 atom stereocenters. The molecule has 0 aliphatic rings. The van der Waals surface area contributed by atoms with Crippen molar-refractivity contribution in [2.24, 2.45) is 16.2 Å². The zero-order valence-corrected chi connectivity index (χ0v) is 70.6. The third-order valence-electron chi connectivity index (χ3n) is 14.0. The maximum Gasteiger partial charge on any atom is 0.306 e. The topological polar surface area (TPSA) is 316 Å². The van der Waals surface area contributed by atoms with Gasteiger partial charge in [-0.3, -0.25) is 57.5 Å². The molecule has 0 aliphatic heterocycles. The fourth-order valence-electron chi connectivity index (χ4n) is 7.98. The monoisotopic (exact) mass is 1720 g/mol. The first-order chi connectivity index (χ1) is 51.4. The molecule has 0 aromatic heterocycles. The molecule has 604 valence electrons. The highest BCUT2D eigenvalue weighted by molar-refractivity contribution is 7.99. The first-order valence-electron chi connectivity index (χ1n) is 33.9. The van der Waals surface area contributed by atoms with Gasteiger partial charge in [-0.25, -0.2) is 0 Å². The first kappa shape index (κ1) is 103. The van der Waals surface area contributed by atoms with Crippen molar-refractivity contribution in [1.82, 2.24) is 0 Å². The van der Waals surface area contributed by atoms with E-state index in [0.29, 0.717) is 11.5 Å². The minimum Gasteiger partial charge on any atom is -0.465 e. The highest BCUT2D eigenvalue weighted by Crippen LogP contribution is 2.27. The predicted octanol–water partition coefficient (Wildman–Crippen LogP) is 9.65. The van der Waals surface area contributed by atoms with Crippen molar-refractivity contribution in [2.45, 2.75) is 89.9 Å². The minimum absolute atomic E-state index is 0.0199. The average molecular weight is 1730 g/mol. The SMILES string of the molecule is C=Cc1cccc(C=C)c1.O=C(CCS)OCC(COC(=O)CCS)(COC(=O)CCS)COC(=O)CCS.O=C(CCS)OCC(COC(=O)CCS)(COC(=O)CCS)COC(=O)CCSCCc1cccc(CCSCCC(=O)OCC(COC(=O)CCS)(COC(=O)CCS)COC(=O)CCS)c1. The Morgan fingerprint density at radius 2 is 0.449 bits per heavy atom. The molecule has 0 radical (unpaired) electrons. The number of hydrogen-bond acceptors (Lipinski definition) is 36. The highest BCUT2D eigenvalue weighted by atomic mass is 32.2. The van der Waals surface area contributed by atoms with Gasteiger partial charge < -0.3 is 56.8 Å². The van der Waals surface area contributed by atoms with Gasteiger partial charge in [0.15, 0.2) is 0 Å². The Hall–Kier alpha value is -4.24. The van der Waals surface area contributed by atoms with Crippen molar-refractivity contribution < 1.29 is 114 Å². The lowest BCUT2D eigenvalue weighted by Gasteiger charge is -2.31. The number of ether oxygens (including phenoxy) is 12. The highest BCUT2D eigenvalue weighted by Gasteiger charge is 2.41. The van der Waals surface area contributed by atoms with E-state index in [9.17, 15) is 57.5 Å². The van der Waals surface area contributed by atoms with E-state index in [-0.39, 0.29) is 214 Å². The van der Waals surface area contributed by atoms with Crippen LogP contribution in [-0.2, 0) is 127 Å². The number of thiol groups is 10. The fourth-order valence-corrected chi connectivity index (χ4v) is 11.6. The first-order valence-corrected chi connectivity index (χ1v) is 42.5. The maximum absolute atomic E-state index is 12.9. The third kappa shape index (κ3) is 53.4. The van der Waals surface area contributed by atoms with Gasteiger partial charge >= 0.3 is 71.6 Å². The summed E-state index contributed by atoms with van der Waals surface area (Å²) in [5.74, 6) is -1.57. The summed E-state index contributed by atoms with van der Waals surface area (Å²) in [6.07, 6.45) is 5.70. The van der Waals surface area contributed by atoms with Gasteiger partial charge in [-0.2, -0.15) is 150 Å². The van der Waals surface area contributed by atoms with Gasteiger partial charge in [0.2, 0.25) is 0 Å². The molecular weight excluding hydrogens is 1620 g/mol. The molecule has 2 aromatic rings. The van der Waals surface area contributed by atoms with Crippen molar-refractivity contribution >= 4 is 234 Å². The van der Waals surface area contributed by atoms with Gasteiger partial charge in [0.25, 0.3) is 0 Å². The van der Waals surface area contributed by atoms with E-state index in [1.807, 2.05) is 54.6 Å². The molecule has 0 unspecified atom stereocenters. The fraction of sp³-hybridized carbons (Fsp3) is 0.606. The molecule has 0 heterocycles. The molecule has 0 saturated heterocycles. The second-order valence-corrected chi connectivity index (χ2v) is 30.2. The summed E-state index contributed by atoms with van der Waals surface area (Å²) in [7, 11) is 0. The molecule has 36 heteroatoms. The number of esters is 12. The lowest BCUT2D eigenvalue weighted by atomic mass is 9.92. The lowest BCUT2D eigenvalue weighted by Crippen LogP contribution is -2.44. The third-order valence-corrected chi connectivity index (χ3v) is 18.2. The summed E-state index contributed by atoms with van der Waals surface area (Å²) in [4.78, 5) is 146. The Bertz CT molecular complexity index is 2640. The van der Waals surface area contributed by atoms with Gasteiger partial charge in [0.05, 0.1) is 77.0 Å². The van der Waals surface area contributed by atoms with Crippen LogP contribution >= 0.6 is 150 Å². The molecule has 0 aliphatic carbocycles. The van der Waals surface area contributed by atoms with Gasteiger partial charge in [-0.05, 0) is 52.7 Å². The van der Waals surface area contributed by atoms with Crippen LogP contribution in [0.1, 0.15) is 99.3 Å². The van der Waals surface area contributed by atoms with Crippen LogP contribution in [0.2, 0.25) is 0 Å². The molecule has 2 rings (SSSR count). The van der Waals surface area contributed by atoms with Crippen LogP contribution in [0.4, 0.5) is 0 Å². The lowest BCUT2D eigenvalue weighted by molar-refractivity contribution is -0.173. The standard InChI is InChI=1S/C44H66O16S8.C17H28O8S4.C10H10/c45-35(4-14-61)53-25-43(26-54-36(46)5-15-62,27-55-37(47)6-16-63)31-59-41(51)12-22-67-20-10-33-2-1-3-34(24-33)11-21-68-23-13-42(52)60-32-44(28-56-38(48)7-17-64,29-57-39(49)8-18-65)30-58-40(50)9-19-66;18-13(1-5-26)22-9-17(10-23-14(19)2-6-27,11-24-15(20)3-7-28)12-25-16(21)4-8-29;1-3-9-6-5-7-10(4-2)8-9/h1-3,24,61-66H,4-23,25-32H2;26-29H,1-12H2;3-8H,1-2H2.